The van der Waals surface area contributed by atoms with Crippen molar-refractivity contribution in [2.45, 2.75) is 18.6 Å². The Morgan fingerprint density at radius 1 is 1.05 bits per heavy atom. The molecular formula is C17H17NO. The van der Waals surface area contributed by atoms with Crippen molar-refractivity contribution in [3.63, 3.8) is 0 Å². The van der Waals surface area contributed by atoms with Crippen LogP contribution in [-0.4, -0.2) is 11.2 Å². The Balaban J connectivity index is 2.45. The summed E-state index contributed by atoms with van der Waals surface area (Å²) in [5.41, 5.74) is 0.823. The van der Waals surface area contributed by atoms with E-state index in [2.05, 4.69) is 11.2 Å². The number of hydrogen-bond acceptors (Lipinski definition) is 2. The van der Waals surface area contributed by atoms with E-state index >= 15 is 0 Å². The molecule has 0 aliphatic rings. The fraction of sp³-hybridized carbons (Fsp3) is 0.176. The lowest BCUT2D eigenvalue weighted by Crippen LogP contribution is -2.43. The first-order chi connectivity index (χ1) is 9.19. The van der Waals surface area contributed by atoms with Gasteiger partial charge in [0.1, 0.15) is 0 Å². The van der Waals surface area contributed by atoms with Gasteiger partial charge in [-0.1, -0.05) is 54.5 Å². The average molecular weight is 251 g/mol. The van der Waals surface area contributed by atoms with Gasteiger partial charge in [0.2, 0.25) is 0 Å². The number of aliphatic hydroxyl groups is 1. The van der Waals surface area contributed by atoms with Gasteiger partial charge in [-0.3, -0.25) is 0 Å². The third-order valence-electron chi connectivity index (χ3n) is 3.20. The third-order valence-corrected chi connectivity index (χ3v) is 3.20. The summed E-state index contributed by atoms with van der Waals surface area (Å²) in [6, 6.07) is 19.2. The van der Waals surface area contributed by atoms with Crippen molar-refractivity contribution in [1.29, 1.82) is 0 Å². The minimum Gasteiger partial charge on any atom is -0.390 e. The fourth-order valence-electron chi connectivity index (χ4n) is 2.11. The molecule has 0 amide bonds. The van der Waals surface area contributed by atoms with Crippen LogP contribution in [0.1, 0.15) is 12.5 Å². The van der Waals surface area contributed by atoms with Gasteiger partial charge in [0, 0.05) is 5.69 Å². The molecule has 0 unspecified atom stereocenters. The van der Waals surface area contributed by atoms with Crippen LogP contribution in [0.5, 0.6) is 0 Å². The van der Waals surface area contributed by atoms with E-state index in [-0.39, 0.29) is 0 Å². The lowest BCUT2D eigenvalue weighted by Gasteiger charge is -2.34. The number of para-hydroxylation sites is 1. The molecular weight excluding hydrogens is 234 g/mol. The number of aliphatic hydroxyl groups excluding tert-OH is 1. The van der Waals surface area contributed by atoms with Crippen molar-refractivity contribution in [3.05, 3.63) is 66.2 Å². The van der Waals surface area contributed by atoms with Gasteiger partial charge >= 0.3 is 0 Å². The van der Waals surface area contributed by atoms with Gasteiger partial charge in [-0.15, -0.1) is 6.42 Å². The van der Waals surface area contributed by atoms with Gasteiger partial charge < -0.3 is 10.4 Å². The number of anilines is 1. The molecule has 0 heterocycles. The summed E-state index contributed by atoms with van der Waals surface area (Å²) < 4.78 is 0. The molecule has 2 nitrogen and oxygen atoms in total. The van der Waals surface area contributed by atoms with Crippen molar-refractivity contribution in [2.24, 2.45) is 0 Å². The van der Waals surface area contributed by atoms with E-state index in [9.17, 15) is 5.11 Å². The largest absolute Gasteiger partial charge is 0.390 e. The summed E-state index contributed by atoms with van der Waals surface area (Å²) in [5.74, 6) is 2.72. The number of nitrogens with one attached hydrogen (secondary N) is 1. The summed E-state index contributed by atoms with van der Waals surface area (Å²) in [4.78, 5) is 0. The van der Waals surface area contributed by atoms with E-state index < -0.39 is 11.6 Å². The summed E-state index contributed by atoms with van der Waals surface area (Å²) in [6.45, 7) is 1.70. The maximum atomic E-state index is 10.2. The van der Waals surface area contributed by atoms with Crippen molar-refractivity contribution >= 4 is 5.69 Å². The highest BCUT2D eigenvalue weighted by molar-refractivity contribution is 5.52. The highest BCUT2D eigenvalue weighted by Gasteiger charge is 2.35. The predicted molar refractivity (Wildman–Crippen MR) is 78.7 cm³/mol. The van der Waals surface area contributed by atoms with Crippen LogP contribution in [0.3, 0.4) is 0 Å². The third kappa shape index (κ3) is 2.62. The second-order valence-electron chi connectivity index (χ2n) is 4.49. The molecule has 0 spiro atoms. The second-order valence-corrected chi connectivity index (χ2v) is 4.49. The topological polar surface area (TPSA) is 32.3 Å². The zero-order valence-electron chi connectivity index (χ0n) is 10.9. The standard InChI is InChI=1S/C17H17NO/c1-3-17(14(2)19,15-10-6-4-7-11-15)18-16-12-8-5-9-13-16/h1,4-14,18-19H,2H3/t14-,17+/m1/s1. The molecule has 0 saturated heterocycles. The second kappa shape index (κ2) is 5.60. The Hall–Kier alpha value is -2.24. The molecule has 0 aliphatic heterocycles. The number of rotatable bonds is 4. The van der Waals surface area contributed by atoms with Gasteiger partial charge in [0.05, 0.1) is 6.10 Å². The van der Waals surface area contributed by atoms with Crippen molar-refractivity contribution in [2.75, 3.05) is 5.32 Å². The quantitative estimate of drug-likeness (QED) is 0.819. The normalized spacial score (nSPS) is 15.0. The molecule has 2 rings (SSSR count). The van der Waals surface area contributed by atoms with Crippen molar-refractivity contribution in [3.8, 4) is 12.3 Å². The molecule has 0 bridgehead atoms. The maximum absolute atomic E-state index is 10.2. The van der Waals surface area contributed by atoms with Crippen LogP contribution in [0.25, 0.3) is 0 Å². The molecule has 2 N–H and O–H groups in total. The SMILES string of the molecule is C#C[C@@](Nc1ccccc1)(c1ccccc1)[C@@H](C)O. The molecule has 96 valence electrons. The Labute approximate surface area is 114 Å². The Morgan fingerprint density at radius 2 is 1.58 bits per heavy atom. The van der Waals surface area contributed by atoms with Crippen LogP contribution < -0.4 is 5.32 Å². The van der Waals surface area contributed by atoms with E-state index in [1.165, 1.54) is 0 Å². The molecule has 2 atom stereocenters. The Bertz CT molecular complexity index is 557. The summed E-state index contributed by atoms with van der Waals surface area (Å²) in [7, 11) is 0. The van der Waals surface area contributed by atoms with Crippen LogP contribution in [0.4, 0.5) is 5.69 Å². The van der Waals surface area contributed by atoms with Crippen LogP contribution in [0.15, 0.2) is 60.7 Å². The van der Waals surface area contributed by atoms with Crippen LogP contribution in [-0.2, 0) is 5.54 Å². The lowest BCUT2D eigenvalue weighted by molar-refractivity contribution is 0.143. The van der Waals surface area contributed by atoms with Gasteiger partial charge in [0.15, 0.2) is 5.54 Å². The molecule has 19 heavy (non-hydrogen) atoms. The van der Waals surface area contributed by atoms with E-state index in [0.29, 0.717) is 0 Å². The van der Waals surface area contributed by atoms with Crippen molar-refractivity contribution in [1.82, 2.24) is 0 Å². The highest BCUT2D eigenvalue weighted by atomic mass is 16.3. The van der Waals surface area contributed by atoms with E-state index in [1.54, 1.807) is 6.92 Å². The molecule has 2 aromatic rings. The molecule has 0 radical (unpaired) electrons. The van der Waals surface area contributed by atoms with Crippen LogP contribution in [0, 0.1) is 12.3 Å². The van der Waals surface area contributed by atoms with E-state index in [1.807, 2.05) is 60.7 Å². The summed E-state index contributed by atoms with van der Waals surface area (Å²) >= 11 is 0. The number of benzene rings is 2. The first-order valence-corrected chi connectivity index (χ1v) is 6.23. The first kappa shape index (κ1) is 13.2. The van der Waals surface area contributed by atoms with Crippen LogP contribution >= 0.6 is 0 Å². The average Bonchev–Trinajstić information content (AvgIpc) is 2.46. The molecule has 0 fully saturated rings. The number of hydrogen-bond donors (Lipinski definition) is 2. The Morgan fingerprint density at radius 3 is 2.05 bits per heavy atom. The Kier molecular flexibility index (Phi) is 3.89. The highest BCUT2D eigenvalue weighted by Crippen LogP contribution is 2.29. The molecule has 2 aromatic carbocycles. The molecule has 2 heteroatoms. The van der Waals surface area contributed by atoms with Gasteiger partial charge in [-0.25, -0.2) is 0 Å². The molecule has 0 aliphatic carbocycles. The minimum atomic E-state index is -0.928. The monoisotopic (exact) mass is 251 g/mol. The van der Waals surface area contributed by atoms with Crippen molar-refractivity contribution < 1.29 is 5.11 Å². The maximum Gasteiger partial charge on any atom is 0.150 e. The van der Waals surface area contributed by atoms with Gasteiger partial charge in [-0.05, 0) is 24.6 Å². The van der Waals surface area contributed by atoms with Crippen LogP contribution in [0.2, 0.25) is 0 Å². The first-order valence-electron chi connectivity index (χ1n) is 6.23. The van der Waals surface area contributed by atoms with Gasteiger partial charge in [0.25, 0.3) is 0 Å². The zero-order chi connectivity index (χ0) is 13.7. The minimum absolute atomic E-state index is 0.722. The summed E-state index contributed by atoms with van der Waals surface area (Å²) in [5, 5.41) is 13.4. The predicted octanol–water partition coefficient (Wildman–Crippen LogP) is 3.01. The van der Waals surface area contributed by atoms with E-state index in [4.69, 9.17) is 6.42 Å². The van der Waals surface area contributed by atoms with E-state index in [0.717, 1.165) is 11.3 Å². The summed E-state index contributed by atoms with van der Waals surface area (Å²) in [6.07, 6.45) is 4.99. The lowest BCUT2D eigenvalue weighted by atomic mass is 9.85. The molecule has 0 saturated carbocycles. The zero-order valence-corrected chi connectivity index (χ0v) is 10.9. The smallest absolute Gasteiger partial charge is 0.150 e. The van der Waals surface area contributed by atoms with Gasteiger partial charge in [-0.2, -0.15) is 0 Å². The molecule has 0 aromatic heterocycles. The number of terminal acetylenes is 1. The fourth-order valence-corrected chi connectivity index (χ4v) is 2.11.